The summed E-state index contributed by atoms with van der Waals surface area (Å²) < 4.78 is 1.31. The van der Waals surface area contributed by atoms with E-state index in [2.05, 4.69) is 35.6 Å². The van der Waals surface area contributed by atoms with Crippen LogP contribution in [0.5, 0.6) is 0 Å². The summed E-state index contributed by atoms with van der Waals surface area (Å²) in [4.78, 5) is 26.2. The van der Waals surface area contributed by atoms with Crippen LogP contribution >= 0.6 is 0 Å². The molecular weight excluding hydrogens is 410 g/mol. The predicted molar refractivity (Wildman–Crippen MR) is 131 cm³/mol. The van der Waals surface area contributed by atoms with Crippen molar-refractivity contribution in [2.75, 3.05) is 0 Å². The second-order valence-corrected chi connectivity index (χ2v) is 8.89. The van der Waals surface area contributed by atoms with Gasteiger partial charge in [0.25, 0.3) is 5.56 Å². The fourth-order valence-corrected chi connectivity index (χ4v) is 4.81. The van der Waals surface area contributed by atoms with Gasteiger partial charge in [-0.25, -0.2) is 4.68 Å². The minimum absolute atomic E-state index is 0.0305. The van der Waals surface area contributed by atoms with Gasteiger partial charge in [0.15, 0.2) is 0 Å². The third-order valence-electron chi connectivity index (χ3n) is 6.51. The normalized spacial score (nSPS) is 15.3. The van der Waals surface area contributed by atoms with Crippen molar-refractivity contribution >= 4 is 16.7 Å². The van der Waals surface area contributed by atoms with Crippen molar-refractivity contribution in [1.29, 1.82) is 0 Å². The summed E-state index contributed by atoms with van der Waals surface area (Å²) in [7, 11) is 0. The molecule has 1 aliphatic rings. The molecule has 1 atom stereocenters. The van der Waals surface area contributed by atoms with Crippen LogP contribution < -0.4 is 10.9 Å². The topological polar surface area (TPSA) is 64.0 Å². The number of carbonyl (C=O) groups excluding carboxylic acids is 1. The van der Waals surface area contributed by atoms with Crippen LogP contribution in [0.25, 0.3) is 22.0 Å². The minimum Gasteiger partial charge on any atom is -0.348 e. The lowest BCUT2D eigenvalue weighted by atomic mass is 9.88. The first-order valence-corrected chi connectivity index (χ1v) is 11.5. The molecule has 0 fully saturated rings. The molecule has 1 aliphatic carbocycles. The van der Waals surface area contributed by atoms with E-state index in [0.717, 1.165) is 47.0 Å². The van der Waals surface area contributed by atoms with Gasteiger partial charge >= 0.3 is 0 Å². The quantitative estimate of drug-likeness (QED) is 0.495. The Balaban J connectivity index is 1.52. The Morgan fingerprint density at radius 3 is 2.64 bits per heavy atom. The van der Waals surface area contributed by atoms with E-state index in [0.29, 0.717) is 5.39 Å². The van der Waals surface area contributed by atoms with Gasteiger partial charge in [-0.2, -0.15) is 5.10 Å². The van der Waals surface area contributed by atoms with Crippen LogP contribution in [-0.2, 0) is 17.8 Å². The van der Waals surface area contributed by atoms with Crippen LogP contribution in [0.2, 0.25) is 0 Å². The van der Waals surface area contributed by atoms with Crippen molar-refractivity contribution in [2.24, 2.45) is 0 Å². The van der Waals surface area contributed by atoms with E-state index in [1.54, 1.807) is 6.07 Å². The van der Waals surface area contributed by atoms with E-state index in [-0.39, 0.29) is 24.1 Å². The number of aryl methyl sites for hydroxylation is 3. The van der Waals surface area contributed by atoms with Crippen molar-refractivity contribution in [3.8, 4) is 11.3 Å². The lowest BCUT2D eigenvalue weighted by Gasteiger charge is -2.26. The zero-order valence-corrected chi connectivity index (χ0v) is 19.0. The molecule has 3 aromatic carbocycles. The predicted octanol–water partition coefficient (Wildman–Crippen LogP) is 4.87. The van der Waals surface area contributed by atoms with Crippen LogP contribution in [0.1, 0.15) is 41.1 Å². The number of amides is 1. The van der Waals surface area contributed by atoms with Gasteiger partial charge < -0.3 is 5.32 Å². The Bertz CT molecular complexity index is 1420. The molecule has 0 saturated carbocycles. The fourth-order valence-electron chi connectivity index (χ4n) is 4.81. The van der Waals surface area contributed by atoms with Gasteiger partial charge in [-0.15, -0.1) is 0 Å². The number of fused-ring (bicyclic) bond motifs is 2. The Morgan fingerprint density at radius 2 is 1.79 bits per heavy atom. The third kappa shape index (κ3) is 4.07. The van der Waals surface area contributed by atoms with Crippen molar-refractivity contribution in [1.82, 2.24) is 15.1 Å². The molecule has 0 radical (unpaired) electrons. The SMILES string of the molecule is Cc1ccc(C)c(-c2nn(CC(=O)N[C@@H]3CCCc4ccccc43)c(=O)c3ccccc23)c1. The summed E-state index contributed by atoms with van der Waals surface area (Å²) in [5, 5.41) is 9.20. The van der Waals surface area contributed by atoms with Gasteiger partial charge in [0.1, 0.15) is 6.54 Å². The highest BCUT2D eigenvalue weighted by Gasteiger charge is 2.22. The zero-order valence-electron chi connectivity index (χ0n) is 19.0. The van der Waals surface area contributed by atoms with E-state index in [9.17, 15) is 9.59 Å². The lowest BCUT2D eigenvalue weighted by molar-refractivity contribution is -0.122. The Labute approximate surface area is 193 Å². The molecule has 0 bridgehead atoms. The molecule has 5 nitrogen and oxygen atoms in total. The van der Waals surface area contributed by atoms with Crippen molar-refractivity contribution in [3.63, 3.8) is 0 Å². The third-order valence-corrected chi connectivity index (χ3v) is 6.51. The second kappa shape index (κ2) is 8.66. The molecule has 1 heterocycles. The van der Waals surface area contributed by atoms with Crippen LogP contribution in [0, 0.1) is 13.8 Å². The molecule has 0 saturated heterocycles. The van der Waals surface area contributed by atoms with Crippen LogP contribution in [0.3, 0.4) is 0 Å². The van der Waals surface area contributed by atoms with Crippen molar-refractivity contribution < 1.29 is 4.79 Å². The van der Waals surface area contributed by atoms with Gasteiger partial charge in [-0.3, -0.25) is 9.59 Å². The average molecular weight is 438 g/mol. The fraction of sp³-hybridized carbons (Fsp3) is 0.250. The summed E-state index contributed by atoms with van der Waals surface area (Å²) in [6.07, 6.45) is 2.97. The first-order valence-electron chi connectivity index (χ1n) is 11.5. The van der Waals surface area contributed by atoms with Crippen molar-refractivity contribution in [3.05, 3.63) is 99.3 Å². The van der Waals surface area contributed by atoms with Crippen LogP contribution in [-0.4, -0.2) is 15.7 Å². The monoisotopic (exact) mass is 437 g/mol. The molecule has 0 aliphatic heterocycles. The molecule has 1 aromatic heterocycles. The maximum atomic E-state index is 13.2. The highest BCUT2D eigenvalue weighted by Crippen LogP contribution is 2.30. The molecule has 4 aromatic rings. The number of hydrogen-bond acceptors (Lipinski definition) is 3. The largest absolute Gasteiger partial charge is 0.348 e. The van der Waals surface area contributed by atoms with Crippen LogP contribution in [0.15, 0.2) is 71.5 Å². The van der Waals surface area contributed by atoms with E-state index in [1.165, 1.54) is 15.8 Å². The smallest absolute Gasteiger partial charge is 0.275 e. The van der Waals surface area contributed by atoms with E-state index in [4.69, 9.17) is 5.10 Å². The van der Waals surface area contributed by atoms with E-state index >= 15 is 0 Å². The summed E-state index contributed by atoms with van der Waals surface area (Å²) >= 11 is 0. The molecule has 33 heavy (non-hydrogen) atoms. The number of rotatable bonds is 4. The summed E-state index contributed by atoms with van der Waals surface area (Å²) in [6.45, 7) is 3.96. The number of nitrogens with one attached hydrogen (secondary N) is 1. The summed E-state index contributed by atoms with van der Waals surface area (Å²) in [5.41, 5.74) is 6.10. The molecule has 5 heteroatoms. The van der Waals surface area contributed by atoms with E-state index in [1.807, 2.05) is 44.2 Å². The second-order valence-electron chi connectivity index (χ2n) is 8.89. The van der Waals surface area contributed by atoms with Gasteiger partial charge in [0.2, 0.25) is 5.91 Å². The number of nitrogens with zero attached hydrogens (tertiary/aromatic N) is 2. The van der Waals surface area contributed by atoms with Crippen LogP contribution in [0.4, 0.5) is 0 Å². The maximum absolute atomic E-state index is 13.2. The maximum Gasteiger partial charge on any atom is 0.275 e. The average Bonchev–Trinajstić information content (AvgIpc) is 2.83. The number of aromatic nitrogens is 2. The molecule has 166 valence electrons. The van der Waals surface area contributed by atoms with Gasteiger partial charge in [-0.1, -0.05) is 60.2 Å². The van der Waals surface area contributed by atoms with Gasteiger partial charge in [-0.05, 0) is 61.9 Å². The Hall–Kier alpha value is -3.73. The molecule has 0 unspecified atom stereocenters. The Morgan fingerprint density at radius 1 is 1.03 bits per heavy atom. The zero-order chi connectivity index (χ0) is 22.9. The summed E-state index contributed by atoms with van der Waals surface area (Å²) in [5.74, 6) is -0.200. The number of carbonyl (C=O) groups is 1. The highest BCUT2D eigenvalue weighted by atomic mass is 16.2. The molecule has 1 amide bonds. The lowest BCUT2D eigenvalue weighted by Crippen LogP contribution is -2.37. The number of benzene rings is 3. The van der Waals surface area contributed by atoms with Gasteiger partial charge in [0, 0.05) is 10.9 Å². The minimum atomic E-state index is -0.251. The molecule has 0 spiro atoms. The highest BCUT2D eigenvalue weighted by molar-refractivity contribution is 5.94. The first kappa shape index (κ1) is 21.1. The molecular formula is C28H27N3O2. The number of hydrogen-bond donors (Lipinski definition) is 1. The standard InChI is InChI=1S/C28H27N3O2/c1-18-14-15-19(2)24(16-18)27-22-11-5-6-12-23(22)28(33)31(30-27)17-26(32)29-25-13-7-9-20-8-3-4-10-21(20)25/h3-6,8,10-12,14-16,25H,7,9,13,17H2,1-2H3,(H,29,32)/t25-/m1/s1. The van der Waals surface area contributed by atoms with Gasteiger partial charge in [0.05, 0.1) is 17.1 Å². The Kier molecular flexibility index (Phi) is 5.55. The van der Waals surface area contributed by atoms with Crippen molar-refractivity contribution in [2.45, 2.75) is 45.7 Å². The first-order chi connectivity index (χ1) is 16.0. The molecule has 5 rings (SSSR count). The van der Waals surface area contributed by atoms with E-state index < -0.39 is 0 Å². The summed E-state index contributed by atoms with van der Waals surface area (Å²) in [6, 6.07) is 21.9. The molecule has 1 N–H and O–H groups in total.